The monoisotopic (exact) mass is 288 g/mol. The third-order valence-corrected chi connectivity index (χ3v) is 5.41. The molecule has 1 atom stereocenters. The molecule has 0 amide bonds. The molecule has 0 spiro atoms. The van der Waals surface area contributed by atoms with Gasteiger partial charge in [-0.25, -0.2) is 0 Å². The van der Waals surface area contributed by atoms with Gasteiger partial charge >= 0.3 is 0 Å². The second-order valence-corrected chi connectivity index (χ2v) is 6.95. The molecule has 0 aliphatic rings. The lowest BCUT2D eigenvalue weighted by molar-refractivity contribution is 0.493. The van der Waals surface area contributed by atoms with E-state index in [1.54, 1.807) is 34.9 Å². The Bertz CT molecular complexity index is 387. The molecule has 0 aromatic carbocycles. The van der Waals surface area contributed by atoms with Gasteiger partial charge in [0.15, 0.2) is 8.68 Å². The minimum Gasteiger partial charge on any atom is -0.299 e. The number of thioether (sulfide) groups is 2. The van der Waals surface area contributed by atoms with Crippen LogP contribution in [0.2, 0.25) is 0 Å². The first kappa shape index (κ1) is 14.8. The lowest BCUT2D eigenvalue weighted by Crippen LogP contribution is -2.43. The zero-order valence-electron chi connectivity index (χ0n) is 10.2. The smallest absolute Gasteiger partial charge is 0.175 e. The summed E-state index contributed by atoms with van der Waals surface area (Å²) in [6.45, 7) is 4.87. The number of aromatic nitrogens is 2. The molecule has 0 aliphatic heterocycles. The van der Waals surface area contributed by atoms with Gasteiger partial charge in [0, 0.05) is 5.75 Å². The third kappa shape index (κ3) is 4.84. The summed E-state index contributed by atoms with van der Waals surface area (Å²) in [5.41, 5.74) is -0.494. The molecule has 0 aliphatic carbocycles. The Morgan fingerprint density at radius 2 is 2.18 bits per heavy atom. The fourth-order valence-corrected chi connectivity index (χ4v) is 3.56. The van der Waals surface area contributed by atoms with Crippen molar-refractivity contribution >= 4 is 34.9 Å². The zero-order chi connectivity index (χ0) is 12.7. The Morgan fingerprint density at radius 1 is 1.47 bits per heavy atom. The van der Waals surface area contributed by atoms with Gasteiger partial charge in [-0.05, 0) is 26.1 Å². The third-order valence-electron chi connectivity index (χ3n) is 2.06. The van der Waals surface area contributed by atoms with Crippen LogP contribution in [0.3, 0.4) is 0 Å². The number of rotatable bonds is 7. The Kier molecular flexibility index (Phi) is 6.27. The van der Waals surface area contributed by atoms with Gasteiger partial charge in [0.25, 0.3) is 0 Å². The van der Waals surface area contributed by atoms with Gasteiger partial charge in [-0.1, -0.05) is 41.8 Å². The lowest BCUT2D eigenvalue weighted by Gasteiger charge is -2.21. The van der Waals surface area contributed by atoms with Gasteiger partial charge < -0.3 is 0 Å². The summed E-state index contributed by atoms with van der Waals surface area (Å²) in [6.07, 6.45) is 3.01. The van der Waals surface area contributed by atoms with E-state index in [1.807, 2.05) is 13.2 Å². The standard InChI is InChI=1S/C10H16N4S3/c1-4-5-12-10(2,6-11)7-16-9-14-13-8(15-3)17-9/h12H,4-5,7H2,1-3H3. The van der Waals surface area contributed by atoms with Crippen LogP contribution < -0.4 is 5.32 Å². The van der Waals surface area contributed by atoms with Crippen LogP contribution in [0.15, 0.2) is 8.68 Å². The van der Waals surface area contributed by atoms with E-state index in [0.29, 0.717) is 5.75 Å². The second-order valence-electron chi connectivity index (χ2n) is 3.70. The van der Waals surface area contributed by atoms with Crippen molar-refractivity contribution in [2.75, 3.05) is 18.6 Å². The van der Waals surface area contributed by atoms with Crippen LogP contribution in [0.1, 0.15) is 20.3 Å². The highest BCUT2D eigenvalue weighted by Crippen LogP contribution is 2.29. The first-order valence-electron chi connectivity index (χ1n) is 5.30. The van der Waals surface area contributed by atoms with E-state index in [0.717, 1.165) is 21.6 Å². The van der Waals surface area contributed by atoms with Crippen molar-refractivity contribution in [3.63, 3.8) is 0 Å². The van der Waals surface area contributed by atoms with Gasteiger partial charge in [0.05, 0.1) is 6.07 Å². The highest BCUT2D eigenvalue weighted by molar-refractivity contribution is 8.03. The van der Waals surface area contributed by atoms with E-state index in [4.69, 9.17) is 0 Å². The van der Waals surface area contributed by atoms with E-state index >= 15 is 0 Å². The topological polar surface area (TPSA) is 61.6 Å². The summed E-state index contributed by atoms with van der Waals surface area (Å²) >= 11 is 4.75. The van der Waals surface area contributed by atoms with E-state index in [2.05, 4.69) is 28.5 Å². The Morgan fingerprint density at radius 3 is 2.71 bits per heavy atom. The number of nitrogens with one attached hydrogen (secondary N) is 1. The fraction of sp³-hybridized carbons (Fsp3) is 0.700. The van der Waals surface area contributed by atoms with E-state index in [9.17, 15) is 5.26 Å². The van der Waals surface area contributed by atoms with E-state index < -0.39 is 5.54 Å². The van der Waals surface area contributed by atoms with Gasteiger partial charge in [-0.2, -0.15) is 5.26 Å². The number of hydrogen-bond donors (Lipinski definition) is 1. The molecule has 1 N–H and O–H groups in total. The van der Waals surface area contributed by atoms with Crippen molar-refractivity contribution in [2.45, 2.75) is 34.5 Å². The quantitative estimate of drug-likeness (QED) is 0.778. The largest absolute Gasteiger partial charge is 0.299 e. The summed E-state index contributed by atoms with van der Waals surface area (Å²) in [4.78, 5) is 0. The first-order valence-corrected chi connectivity index (χ1v) is 8.33. The molecule has 4 nitrogen and oxygen atoms in total. The van der Waals surface area contributed by atoms with Crippen LogP contribution in [0.4, 0.5) is 0 Å². The van der Waals surface area contributed by atoms with Crippen LogP contribution in [0.5, 0.6) is 0 Å². The Labute approximate surface area is 115 Å². The van der Waals surface area contributed by atoms with Gasteiger partial charge in [-0.3, -0.25) is 5.32 Å². The molecule has 7 heteroatoms. The normalized spacial score (nSPS) is 14.2. The Hall–Kier alpha value is -0.290. The van der Waals surface area contributed by atoms with E-state index in [1.165, 1.54) is 0 Å². The molecular weight excluding hydrogens is 272 g/mol. The van der Waals surface area contributed by atoms with Crippen LogP contribution in [0.25, 0.3) is 0 Å². The minimum absolute atomic E-state index is 0.494. The highest BCUT2D eigenvalue weighted by Gasteiger charge is 2.23. The molecule has 0 saturated carbocycles. The maximum atomic E-state index is 9.18. The molecule has 1 aromatic heterocycles. The molecule has 1 aromatic rings. The molecule has 1 heterocycles. The van der Waals surface area contributed by atoms with Crippen molar-refractivity contribution in [1.29, 1.82) is 5.26 Å². The average Bonchev–Trinajstić information content (AvgIpc) is 2.82. The Balaban J connectivity index is 2.49. The zero-order valence-corrected chi connectivity index (χ0v) is 12.6. The van der Waals surface area contributed by atoms with Crippen molar-refractivity contribution < 1.29 is 0 Å². The van der Waals surface area contributed by atoms with E-state index in [-0.39, 0.29) is 0 Å². The molecule has 17 heavy (non-hydrogen) atoms. The number of hydrogen-bond acceptors (Lipinski definition) is 7. The molecule has 1 unspecified atom stereocenters. The van der Waals surface area contributed by atoms with Crippen LogP contribution in [-0.2, 0) is 0 Å². The van der Waals surface area contributed by atoms with Crippen molar-refractivity contribution in [3.8, 4) is 6.07 Å². The molecule has 0 fully saturated rings. The maximum Gasteiger partial charge on any atom is 0.175 e. The molecule has 0 saturated heterocycles. The summed E-state index contributed by atoms with van der Waals surface area (Å²) in [6, 6.07) is 2.32. The van der Waals surface area contributed by atoms with Crippen molar-refractivity contribution in [1.82, 2.24) is 15.5 Å². The molecule has 1 rings (SSSR count). The maximum absolute atomic E-state index is 9.18. The summed E-state index contributed by atoms with van der Waals surface area (Å²) < 4.78 is 1.89. The van der Waals surface area contributed by atoms with Crippen molar-refractivity contribution in [2.24, 2.45) is 0 Å². The second kappa shape index (κ2) is 7.21. The first-order chi connectivity index (χ1) is 8.13. The number of nitriles is 1. The molecule has 0 radical (unpaired) electrons. The predicted octanol–water partition coefficient (Wildman–Crippen LogP) is 2.63. The minimum atomic E-state index is -0.494. The summed E-state index contributed by atoms with van der Waals surface area (Å²) in [5, 5.41) is 20.5. The summed E-state index contributed by atoms with van der Waals surface area (Å²) in [7, 11) is 0. The van der Waals surface area contributed by atoms with Crippen LogP contribution in [0, 0.1) is 11.3 Å². The van der Waals surface area contributed by atoms with Gasteiger partial charge in [-0.15, -0.1) is 10.2 Å². The number of nitrogens with zero attached hydrogens (tertiary/aromatic N) is 3. The average molecular weight is 288 g/mol. The molecule has 94 valence electrons. The SMILES string of the molecule is CCCNC(C)(C#N)CSc1nnc(SC)s1. The summed E-state index contributed by atoms with van der Waals surface area (Å²) in [5.74, 6) is 0.687. The van der Waals surface area contributed by atoms with Crippen molar-refractivity contribution in [3.05, 3.63) is 0 Å². The van der Waals surface area contributed by atoms with Gasteiger partial charge in [0.1, 0.15) is 5.54 Å². The highest BCUT2D eigenvalue weighted by atomic mass is 32.2. The lowest BCUT2D eigenvalue weighted by atomic mass is 10.1. The molecule has 0 bridgehead atoms. The van der Waals surface area contributed by atoms with Crippen LogP contribution in [-0.4, -0.2) is 34.3 Å². The molecular formula is C10H16N4S3. The predicted molar refractivity (Wildman–Crippen MR) is 74.7 cm³/mol. The fourth-order valence-electron chi connectivity index (χ4n) is 1.07. The van der Waals surface area contributed by atoms with Gasteiger partial charge in [0.2, 0.25) is 0 Å². The van der Waals surface area contributed by atoms with Crippen LogP contribution >= 0.6 is 34.9 Å².